The highest BCUT2D eigenvalue weighted by Gasteiger charge is 2.13. The summed E-state index contributed by atoms with van der Waals surface area (Å²) < 4.78 is 10.5. The number of ether oxygens (including phenoxy) is 2. The van der Waals surface area contributed by atoms with E-state index >= 15 is 0 Å². The molecule has 3 nitrogen and oxygen atoms in total. The maximum Gasteiger partial charge on any atom is 0.146 e. The molecule has 1 saturated heterocycles. The van der Waals surface area contributed by atoms with Crippen molar-refractivity contribution in [2.24, 2.45) is 0 Å². The molecule has 82 valence electrons. The van der Waals surface area contributed by atoms with Gasteiger partial charge in [-0.25, -0.2) is 0 Å². The summed E-state index contributed by atoms with van der Waals surface area (Å²) in [5.41, 5.74) is 0. The Labute approximate surface area is 93.4 Å². The Morgan fingerprint density at radius 3 is 2.80 bits per heavy atom. The van der Waals surface area contributed by atoms with Gasteiger partial charge in [0.2, 0.25) is 0 Å². The number of rotatable bonds is 2. The molecule has 1 aliphatic heterocycles. The fourth-order valence-electron chi connectivity index (χ4n) is 1.41. The third-order valence-corrected chi connectivity index (χ3v) is 3.44. The summed E-state index contributed by atoms with van der Waals surface area (Å²) in [7, 11) is 0. The van der Waals surface area contributed by atoms with Crippen LogP contribution in [0.25, 0.3) is 0 Å². The molecule has 1 atom stereocenters. The van der Waals surface area contributed by atoms with Crippen LogP contribution in [0.1, 0.15) is 6.42 Å². The minimum Gasteiger partial charge on any atom is -0.508 e. The molecule has 0 aromatic heterocycles. The van der Waals surface area contributed by atoms with Gasteiger partial charge in [0.15, 0.2) is 0 Å². The van der Waals surface area contributed by atoms with Gasteiger partial charge in [-0.2, -0.15) is 0 Å². The minimum atomic E-state index is 0.305. The summed E-state index contributed by atoms with van der Waals surface area (Å²) in [4.78, 5) is 1.16. The summed E-state index contributed by atoms with van der Waals surface area (Å²) in [5, 5.41) is 9.60. The van der Waals surface area contributed by atoms with Crippen LogP contribution < -0.4 is 0 Å². The largest absolute Gasteiger partial charge is 0.508 e. The normalized spacial score (nSPS) is 22.3. The minimum absolute atomic E-state index is 0.305. The van der Waals surface area contributed by atoms with Crippen LogP contribution in [0.15, 0.2) is 29.2 Å². The molecule has 0 saturated carbocycles. The van der Waals surface area contributed by atoms with E-state index in [4.69, 9.17) is 14.6 Å². The molecule has 0 aliphatic carbocycles. The van der Waals surface area contributed by atoms with E-state index in [0.717, 1.165) is 24.5 Å². The van der Waals surface area contributed by atoms with E-state index in [1.807, 2.05) is 12.1 Å². The lowest BCUT2D eigenvalue weighted by atomic mass is 10.3. The highest BCUT2D eigenvalue weighted by molar-refractivity contribution is 8.00. The number of thioether (sulfide) groups is 1. The number of phenols is 1. The van der Waals surface area contributed by atoms with Crippen molar-refractivity contribution >= 4 is 11.8 Å². The lowest BCUT2D eigenvalue weighted by molar-refractivity contribution is -0.0314. The summed E-state index contributed by atoms with van der Waals surface area (Å²) in [5.74, 6) is 0.305. The first-order valence-corrected chi connectivity index (χ1v) is 5.84. The average molecular weight is 226 g/mol. The fourth-order valence-corrected chi connectivity index (χ4v) is 2.46. The molecule has 4 heteroatoms. The molecule has 1 aliphatic rings. The van der Waals surface area contributed by atoms with E-state index in [0.29, 0.717) is 17.8 Å². The predicted octanol–water partition coefficient (Wildman–Crippen LogP) is 2.25. The van der Waals surface area contributed by atoms with Crippen molar-refractivity contribution in [1.29, 1.82) is 0 Å². The summed E-state index contributed by atoms with van der Waals surface area (Å²) >= 11 is 1.77. The fraction of sp³-hybridized carbons (Fsp3) is 0.455. The van der Waals surface area contributed by atoms with Gasteiger partial charge in [-0.05, 0) is 30.7 Å². The second-order valence-corrected chi connectivity index (χ2v) is 4.79. The molecule has 1 heterocycles. The van der Waals surface area contributed by atoms with E-state index in [-0.39, 0.29) is 0 Å². The van der Waals surface area contributed by atoms with Crippen LogP contribution in [0, 0.1) is 0 Å². The lowest BCUT2D eigenvalue weighted by Gasteiger charge is -2.11. The first kappa shape index (κ1) is 10.8. The first-order valence-electron chi connectivity index (χ1n) is 4.96. The number of hydrogen-bond acceptors (Lipinski definition) is 4. The summed E-state index contributed by atoms with van der Waals surface area (Å²) in [6.07, 6.45) is 1.01. The van der Waals surface area contributed by atoms with E-state index < -0.39 is 0 Å². The van der Waals surface area contributed by atoms with Crippen molar-refractivity contribution in [3.05, 3.63) is 24.3 Å². The first-order chi connectivity index (χ1) is 7.34. The Morgan fingerprint density at radius 1 is 1.20 bits per heavy atom. The van der Waals surface area contributed by atoms with Gasteiger partial charge in [0.1, 0.15) is 12.5 Å². The van der Waals surface area contributed by atoms with Gasteiger partial charge in [-0.1, -0.05) is 0 Å². The zero-order valence-electron chi connectivity index (χ0n) is 8.39. The molecule has 0 radical (unpaired) electrons. The van der Waals surface area contributed by atoms with Crippen LogP contribution in [0.5, 0.6) is 5.75 Å². The number of aromatic hydroxyl groups is 1. The standard InChI is InChI=1S/C11H14O3S/c12-9-1-3-10(4-2-9)15-11-5-6-13-8-14-7-11/h1-4,11-12H,5-8H2. The maximum atomic E-state index is 9.15. The van der Waals surface area contributed by atoms with Crippen molar-refractivity contribution in [2.45, 2.75) is 16.6 Å². The molecule has 1 unspecified atom stereocenters. The molecular formula is C11H14O3S. The Hall–Kier alpha value is -0.710. The molecule has 1 fully saturated rings. The van der Waals surface area contributed by atoms with E-state index in [2.05, 4.69) is 0 Å². The smallest absolute Gasteiger partial charge is 0.146 e. The molecule has 0 amide bonds. The van der Waals surface area contributed by atoms with Crippen LogP contribution in [0.4, 0.5) is 0 Å². The van der Waals surface area contributed by atoms with Gasteiger partial charge in [0, 0.05) is 10.1 Å². The predicted molar refractivity (Wildman–Crippen MR) is 59.1 cm³/mol. The quantitative estimate of drug-likeness (QED) is 0.839. The van der Waals surface area contributed by atoms with Crippen LogP contribution in [0.3, 0.4) is 0 Å². The van der Waals surface area contributed by atoms with Crippen molar-refractivity contribution < 1.29 is 14.6 Å². The second-order valence-electron chi connectivity index (χ2n) is 3.42. The van der Waals surface area contributed by atoms with Crippen LogP contribution in [-0.2, 0) is 9.47 Å². The Kier molecular flexibility index (Phi) is 3.88. The molecule has 1 aromatic rings. The van der Waals surface area contributed by atoms with Gasteiger partial charge in [-0.3, -0.25) is 0 Å². The number of benzene rings is 1. The van der Waals surface area contributed by atoms with Crippen molar-refractivity contribution in [3.63, 3.8) is 0 Å². The van der Waals surface area contributed by atoms with E-state index in [1.54, 1.807) is 23.9 Å². The zero-order chi connectivity index (χ0) is 10.5. The van der Waals surface area contributed by atoms with Gasteiger partial charge in [0.05, 0.1) is 13.2 Å². The van der Waals surface area contributed by atoms with Gasteiger partial charge >= 0.3 is 0 Å². The Balaban J connectivity index is 1.92. The lowest BCUT2D eigenvalue weighted by Crippen LogP contribution is -2.09. The zero-order valence-corrected chi connectivity index (χ0v) is 9.20. The molecule has 1 aromatic carbocycles. The highest BCUT2D eigenvalue weighted by Crippen LogP contribution is 2.27. The number of hydrogen-bond donors (Lipinski definition) is 1. The topological polar surface area (TPSA) is 38.7 Å². The second kappa shape index (κ2) is 5.39. The van der Waals surface area contributed by atoms with Crippen molar-refractivity contribution in [1.82, 2.24) is 0 Å². The van der Waals surface area contributed by atoms with Crippen LogP contribution in [0.2, 0.25) is 0 Å². The van der Waals surface area contributed by atoms with Crippen LogP contribution in [-0.4, -0.2) is 30.4 Å². The maximum absolute atomic E-state index is 9.15. The average Bonchev–Trinajstić information content (AvgIpc) is 2.50. The van der Waals surface area contributed by atoms with Crippen molar-refractivity contribution in [3.8, 4) is 5.75 Å². The van der Waals surface area contributed by atoms with E-state index in [1.165, 1.54) is 0 Å². The molecular weight excluding hydrogens is 212 g/mol. The summed E-state index contributed by atoms with van der Waals surface area (Å²) in [6.45, 7) is 1.90. The molecule has 2 rings (SSSR count). The Bertz CT molecular complexity index is 291. The third kappa shape index (κ3) is 3.41. The van der Waals surface area contributed by atoms with Gasteiger partial charge in [0.25, 0.3) is 0 Å². The monoisotopic (exact) mass is 226 g/mol. The van der Waals surface area contributed by atoms with E-state index in [9.17, 15) is 0 Å². The van der Waals surface area contributed by atoms with Gasteiger partial charge in [-0.15, -0.1) is 11.8 Å². The van der Waals surface area contributed by atoms with Gasteiger partial charge < -0.3 is 14.6 Å². The van der Waals surface area contributed by atoms with Crippen molar-refractivity contribution in [2.75, 3.05) is 20.0 Å². The third-order valence-electron chi connectivity index (χ3n) is 2.19. The molecule has 15 heavy (non-hydrogen) atoms. The van der Waals surface area contributed by atoms with Crippen LogP contribution >= 0.6 is 11.8 Å². The highest BCUT2D eigenvalue weighted by atomic mass is 32.2. The number of phenolic OH excluding ortho intramolecular Hbond substituents is 1. The molecule has 1 N–H and O–H groups in total. The molecule has 0 bridgehead atoms. The summed E-state index contributed by atoms with van der Waals surface area (Å²) in [6, 6.07) is 7.25. The SMILES string of the molecule is Oc1ccc(SC2CCOCOC2)cc1. The Morgan fingerprint density at radius 2 is 2.00 bits per heavy atom. The molecule has 0 spiro atoms.